The first kappa shape index (κ1) is 16.0. The molecule has 3 heteroatoms. The van der Waals surface area contributed by atoms with Gasteiger partial charge in [-0.05, 0) is 37.4 Å². The molecule has 0 saturated carbocycles. The lowest BCUT2D eigenvalue weighted by molar-refractivity contribution is 0.399. The Morgan fingerprint density at radius 3 is 2.76 bits per heavy atom. The van der Waals surface area contributed by atoms with Gasteiger partial charge in [-0.3, -0.25) is 0 Å². The molecule has 0 aliphatic rings. The maximum absolute atomic E-state index is 4.50. The van der Waals surface area contributed by atoms with Crippen molar-refractivity contribution in [3.63, 3.8) is 0 Å². The van der Waals surface area contributed by atoms with Gasteiger partial charge in [-0.1, -0.05) is 45.7 Å². The monoisotopic (exact) mass is 287 g/mol. The van der Waals surface area contributed by atoms with E-state index in [1.54, 1.807) is 0 Å². The minimum Gasteiger partial charge on any atom is -0.329 e. The van der Waals surface area contributed by atoms with Gasteiger partial charge in [0.25, 0.3) is 0 Å². The molecule has 116 valence electrons. The maximum Gasteiger partial charge on any atom is 0.0958 e. The normalized spacial score (nSPS) is 13.1. The fraction of sp³-hybridized carbons (Fsp3) is 0.611. The van der Waals surface area contributed by atoms with Gasteiger partial charge in [-0.2, -0.15) is 0 Å². The third-order valence-electron chi connectivity index (χ3n) is 3.96. The van der Waals surface area contributed by atoms with Crippen LogP contribution in [0.5, 0.6) is 0 Å². The number of hydrogen-bond donors (Lipinski definition) is 1. The molecule has 21 heavy (non-hydrogen) atoms. The van der Waals surface area contributed by atoms with E-state index < -0.39 is 0 Å². The van der Waals surface area contributed by atoms with Crippen LogP contribution in [0.2, 0.25) is 0 Å². The maximum atomic E-state index is 4.50. The van der Waals surface area contributed by atoms with Gasteiger partial charge in [-0.25, -0.2) is 4.98 Å². The summed E-state index contributed by atoms with van der Waals surface area (Å²) in [5.74, 6) is 0.797. The van der Waals surface area contributed by atoms with Gasteiger partial charge in [0.2, 0.25) is 0 Å². The summed E-state index contributed by atoms with van der Waals surface area (Å²) < 4.78 is 2.29. The largest absolute Gasteiger partial charge is 0.329 e. The van der Waals surface area contributed by atoms with Crippen LogP contribution in [0.15, 0.2) is 30.6 Å². The zero-order valence-corrected chi connectivity index (χ0v) is 13.7. The van der Waals surface area contributed by atoms with E-state index in [1.807, 2.05) is 6.33 Å². The highest BCUT2D eigenvalue weighted by molar-refractivity contribution is 5.74. The van der Waals surface area contributed by atoms with Crippen molar-refractivity contribution in [1.82, 2.24) is 14.9 Å². The van der Waals surface area contributed by atoms with Crippen LogP contribution >= 0.6 is 0 Å². The molecule has 1 aromatic heterocycles. The average molecular weight is 287 g/mol. The minimum absolute atomic E-state index is 0.543. The second-order valence-electron chi connectivity index (χ2n) is 6.36. The number of aromatic nitrogens is 2. The van der Waals surface area contributed by atoms with Crippen LogP contribution in [-0.2, 0) is 6.54 Å². The predicted molar refractivity (Wildman–Crippen MR) is 90.5 cm³/mol. The van der Waals surface area contributed by atoms with Crippen molar-refractivity contribution in [2.24, 2.45) is 5.92 Å². The Bertz CT molecular complexity index is 530. The van der Waals surface area contributed by atoms with Crippen LogP contribution in [0.3, 0.4) is 0 Å². The number of benzene rings is 1. The van der Waals surface area contributed by atoms with Gasteiger partial charge in [0.1, 0.15) is 0 Å². The van der Waals surface area contributed by atoms with Crippen LogP contribution in [-0.4, -0.2) is 22.1 Å². The quantitative estimate of drug-likeness (QED) is 0.748. The number of para-hydroxylation sites is 2. The van der Waals surface area contributed by atoms with E-state index in [4.69, 9.17) is 0 Å². The van der Waals surface area contributed by atoms with E-state index >= 15 is 0 Å². The number of nitrogens with zero attached hydrogens (tertiary/aromatic N) is 2. The smallest absolute Gasteiger partial charge is 0.0958 e. The fourth-order valence-electron chi connectivity index (χ4n) is 2.77. The van der Waals surface area contributed by atoms with Crippen molar-refractivity contribution in [3.8, 4) is 0 Å². The second kappa shape index (κ2) is 8.18. The van der Waals surface area contributed by atoms with Crippen LogP contribution in [0, 0.1) is 5.92 Å². The number of fused-ring (bicyclic) bond motifs is 1. The molecule has 0 fully saturated rings. The van der Waals surface area contributed by atoms with Crippen LogP contribution in [0.1, 0.15) is 46.5 Å². The van der Waals surface area contributed by atoms with E-state index in [-0.39, 0.29) is 0 Å². The first-order valence-electron chi connectivity index (χ1n) is 8.34. The van der Waals surface area contributed by atoms with Crippen LogP contribution in [0.25, 0.3) is 11.0 Å². The molecule has 1 unspecified atom stereocenters. The van der Waals surface area contributed by atoms with Crippen molar-refractivity contribution < 1.29 is 0 Å². The molecular formula is C18H29N3. The summed E-state index contributed by atoms with van der Waals surface area (Å²) in [5.41, 5.74) is 2.33. The van der Waals surface area contributed by atoms with E-state index in [2.05, 4.69) is 59.9 Å². The highest BCUT2D eigenvalue weighted by atomic mass is 15.1. The van der Waals surface area contributed by atoms with Crippen LogP contribution < -0.4 is 5.32 Å². The summed E-state index contributed by atoms with van der Waals surface area (Å²) in [6.07, 6.45) is 7.02. The van der Waals surface area contributed by atoms with Crippen molar-refractivity contribution in [1.29, 1.82) is 0 Å². The number of hydrogen-bond acceptors (Lipinski definition) is 2. The summed E-state index contributed by atoms with van der Waals surface area (Å²) in [4.78, 5) is 4.50. The summed E-state index contributed by atoms with van der Waals surface area (Å²) in [5, 5.41) is 3.70. The highest BCUT2D eigenvalue weighted by Crippen LogP contribution is 2.15. The molecule has 1 heterocycles. The standard InChI is InChI=1S/C18H29N3/c1-4-12-19-16(9-7-8-15(2)3)13-21-14-20-17-10-5-6-11-18(17)21/h5-6,10-11,14-16,19H,4,7-9,12-13H2,1-3H3. The van der Waals surface area contributed by atoms with Gasteiger partial charge >= 0.3 is 0 Å². The minimum atomic E-state index is 0.543. The first-order valence-corrected chi connectivity index (χ1v) is 8.34. The Balaban J connectivity index is 1.99. The SMILES string of the molecule is CCCNC(CCCC(C)C)Cn1cnc2ccccc21. The van der Waals surface area contributed by atoms with Gasteiger partial charge in [0, 0.05) is 12.6 Å². The topological polar surface area (TPSA) is 29.9 Å². The van der Waals surface area contributed by atoms with Crippen molar-refractivity contribution in [2.45, 2.75) is 59.0 Å². The lowest BCUT2D eigenvalue weighted by Gasteiger charge is -2.20. The molecule has 0 aliphatic heterocycles. The van der Waals surface area contributed by atoms with Crippen molar-refractivity contribution in [2.75, 3.05) is 6.54 Å². The van der Waals surface area contributed by atoms with E-state index in [1.165, 1.54) is 31.2 Å². The molecular weight excluding hydrogens is 258 g/mol. The zero-order chi connectivity index (χ0) is 15.1. The van der Waals surface area contributed by atoms with E-state index in [0.29, 0.717) is 6.04 Å². The Labute approximate surface area is 128 Å². The zero-order valence-electron chi connectivity index (χ0n) is 13.7. The third kappa shape index (κ3) is 4.85. The summed E-state index contributed by atoms with van der Waals surface area (Å²) in [6, 6.07) is 8.93. The summed E-state index contributed by atoms with van der Waals surface area (Å²) in [6.45, 7) is 8.94. The summed E-state index contributed by atoms with van der Waals surface area (Å²) >= 11 is 0. The predicted octanol–water partition coefficient (Wildman–Crippen LogP) is 4.23. The van der Waals surface area contributed by atoms with E-state index in [9.17, 15) is 0 Å². The molecule has 0 bridgehead atoms. The Kier molecular flexibility index (Phi) is 6.24. The molecule has 3 nitrogen and oxygen atoms in total. The molecule has 0 amide bonds. The molecule has 0 radical (unpaired) electrons. The molecule has 1 N–H and O–H groups in total. The van der Waals surface area contributed by atoms with Gasteiger partial charge in [0.05, 0.1) is 17.4 Å². The Hall–Kier alpha value is -1.35. The summed E-state index contributed by atoms with van der Waals surface area (Å²) in [7, 11) is 0. The number of imidazole rings is 1. The van der Waals surface area contributed by atoms with Gasteiger partial charge in [-0.15, -0.1) is 0 Å². The third-order valence-corrected chi connectivity index (χ3v) is 3.96. The van der Waals surface area contributed by atoms with Crippen LogP contribution in [0.4, 0.5) is 0 Å². The molecule has 1 atom stereocenters. The fourth-order valence-corrected chi connectivity index (χ4v) is 2.77. The Morgan fingerprint density at radius 2 is 2.00 bits per heavy atom. The van der Waals surface area contributed by atoms with Crippen molar-refractivity contribution in [3.05, 3.63) is 30.6 Å². The number of rotatable bonds is 9. The molecule has 0 saturated heterocycles. The average Bonchev–Trinajstić information content (AvgIpc) is 2.87. The Morgan fingerprint density at radius 1 is 1.19 bits per heavy atom. The molecule has 1 aromatic carbocycles. The van der Waals surface area contributed by atoms with Crippen molar-refractivity contribution >= 4 is 11.0 Å². The lowest BCUT2D eigenvalue weighted by atomic mass is 10.0. The van der Waals surface area contributed by atoms with E-state index in [0.717, 1.165) is 24.5 Å². The first-order chi connectivity index (χ1) is 10.2. The molecule has 0 aliphatic carbocycles. The lowest BCUT2D eigenvalue weighted by Crippen LogP contribution is -2.33. The van der Waals surface area contributed by atoms with Gasteiger partial charge < -0.3 is 9.88 Å². The highest BCUT2D eigenvalue weighted by Gasteiger charge is 2.11. The van der Waals surface area contributed by atoms with Gasteiger partial charge in [0.15, 0.2) is 0 Å². The molecule has 2 aromatic rings. The number of nitrogens with one attached hydrogen (secondary N) is 1. The second-order valence-corrected chi connectivity index (χ2v) is 6.36. The molecule has 0 spiro atoms. The molecule has 2 rings (SSSR count).